The highest BCUT2D eigenvalue weighted by atomic mass is 16.5. The molecule has 9 aromatic rings. The van der Waals surface area contributed by atoms with E-state index < -0.39 is 0 Å². The lowest BCUT2D eigenvalue weighted by molar-refractivity contribution is 0.463. The van der Waals surface area contributed by atoms with Crippen LogP contribution in [0.5, 0.6) is 17.4 Å². The molecule has 0 saturated carbocycles. The molecule has 0 saturated heterocycles. The van der Waals surface area contributed by atoms with Crippen LogP contribution in [0.15, 0.2) is 162 Å². The van der Waals surface area contributed by atoms with Crippen molar-refractivity contribution in [2.45, 2.75) is 0 Å². The predicted molar refractivity (Wildman–Crippen MR) is 191 cm³/mol. The van der Waals surface area contributed by atoms with Gasteiger partial charge in [-0.2, -0.15) is 0 Å². The topological polar surface area (TPSA) is 73.3 Å². The van der Waals surface area contributed by atoms with Crippen LogP contribution in [-0.2, 0) is 0 Å². The van der Waals surface area contributed by atoms with E-state index in [1.165, 1.54) is 0 Å². The molecule has 0 aliphatic carbocycles. The van der Waals surface area contributed by atoms with Crippen LogP contribution >= 0.6 is 0 Å². The first-order chi connectivity index (χ1) is 23.7. The zero-order valence-corrected chi connectivity index (χ0v) is 25.6. The lowest BCUT2D eigenvalue weighted by Crippen LogP contribution is -2.00. The molecule has 48 heavy (non-hydrogen) atoms. The van der Waals surface area contributed by atoms with Crippen molar-refractivity contribution in [3.63, 3.8) is 0 Å². The summed E-state index contributed by atoms with van der Waals surface area (Å²) in [7, 11) is 0. The number of benzene rings is 6. The van der Waals surface area contributed by atoms with Gasteiger partial charge < -0.3 is 14.3 Å². The number of phenolic OH excluding ortho intramolecular Hbond substituents is 1. The summed E-state index contributed by atoms with van der Waals surface area (Å²) in [5.74, 6) is 1.85. The Hall–Kier alpha value is -6.66. The number of nitrogens with zero attached hydrogens (tertiary/aromatic N) is 3. The first kappa shape index (κ1) is 27.6. The molecule has 0 atom stereocenters. The third kappa shape index (κ3) is 4.58. The lowest BCUT2D eigenvalue weighted by Gasteiger charge is -2.15. The van der Waals surface area contributed by atoms with Crippen LogP contribution in [0.3, 0.4) is 0 Å². The second kappa shape index (κ2) is 11.3. The normalized spacial score (nSPS) is 11.4. The highest BCUT2D eigenvalue weighted by Crippen LogP contribution is 2.44. The molecular formula is C42H27N3O3. The monoisotopic (exact) mass is 621 g/mol. The Kier molecular flexibility index (Phi) is 6.50. The molecule has 0 amide bonds. The second-order valence-corrected chi connectivity index (χ2v) is 11.6. The summed E-state index contributed by atoms with van der Waals surface area (Å²) in [6.07, 6.45) is 1.71. The minimum atomic E-state index is 0.0858. The summed E-state index contributed by atoms with van der Waals surface area (Å²) in [4.78, 5) is 9.67. The van der Waals surface area contributed by atoms with E-state index in [1.54, 1.807) is 12.3 Å². The number of hydrogen-bond donors (Lipinski definition) is 1. The Morgan fingerprint density at radius 3 is 2.29 bits per heavy atom. The zero-order chi connectivity index (χ0) is 32.0. The third-order valence-corrected chi connectivity index (χ3v) is 8.67. The number of rotatable bonds is 6. The number of ether oxygens (including phenoxy) is 1. The molecule has 1 N–H and O–H groups in total. The van der Waals surface area contributed by atoms with Gasteiger partial charge in [0.2, 0.25) is 5.88 Å². The van der Waals surface area contributed by atoms with Gasteiger partial charge >= 0.3 is 0 Å². The molecule has 0 unspecified atom stereocenters. The fraction of sp³-hybridized carbons (Fsp3) is 0. The Bertz CT molecular complexity index is 2610. The van der Waals surface area contributed by atoms with E-state index >= 15 is 0 Å². The summed E-state index contributed by atoms with van der Waals surface area (Å²) in [5, 5.41) is 13.5. The molecule has 0 bridgehead atoms. The molecule has 6 aromatic carbocycles. The number of phenols is 1. The maximum absolute atomic E-state index is 11.6. The number of aromatic nitrogens is 3. The second-order valence-electron chi connectivity index (χ2n) is 11.6. The van der Waals surface area contributed by atoms with Gasteiger partial charge in [0.05, 0.1) is 16.7 Å². The molecule has 0 aliphatic heterocycles. The highest BCUT2D eigenvalue weighted by Gasteiger charge is 2.25. The van der Waals surface area contributed by atoms with Crippen molar-refractivity contribution in [2.75, 3.05) is 0 Å². The van der Waals surface area contributed by atoms with Crippen LogP contribution in [0.25, 0.3) is 72.3 Å². The number of para-hydroxylation sites is 3. The van der Waals surface area contributed by atoms with Crippen molar-refractivity contribution in [1.82, 2.24) is 14.5 Å². The minimum absolute atomic E-state index is 0.0858. The molecule has 6 heteroatoms. The fourth-order valence-corrected chi connectivity index (χ4v) is 6.52. The predicted octanol–water partition coefficient (Wildman–Crippen LogP) is 10.8. The summed E-state index contributed by atoms with van der Waals surface area (Å²) in [6.45, 7) is 0. The number of hydrogen-bond acceptors (Lipinski definition) is 5. The zero-order valence-electron chi connectivity index (χ0n) is 25.6. The van der Waals surface area contributed by atoms with Crippen molar-refractivity contribution < 1.29 is 14.3 Å². The van der Waals surface area contributed by atoms with Gasteiger partial charge in [-0.1, -0.05) is 97.1 Å². The van der Waals surface area contributed by atoms with Crippen LogP contribution in [0, 0.1) is 0 Å². The van der Waals surface area contributed by atoms with E-state index in [9.17, 15) is 5.11 Å². The van der Waals surface area contributed by atoms with Crippen LogP contribution in [0.1, 0.15) is 0 Å². The standard InChI is InChI=1S/C42H27N3O3/c46-36-24-23-33-32-17-5-7-21-37(32)48-41(33)39(36)42-44-40-31(28-14-10-15-29(26-28)47-38-22-8-9-25-43-38)18-11-20-35(40)45(42)34-19-6-4-16-30(34)27-12-2-1-3-13-27/h1-26,46H. The maximum Gasteiger partial charge on any atom is 0.219 e. The largest absolute Gasteiger partial charge is 0.507 e. The van der Waals surface area contributed by atoms with Crippen molar-refractivity contribution in [2.24, 2.45) is 0 Å². The summed E-state index contributed by atoms with van der Waals surface area (Å²) in [5.41, 5.74) is 8.41. The number of fused-ring (bicyclic) bond motifs is 4. The van der Waals surface area contributed by atoms with E-state index in [1.807, 2.05) is 109 Å². The molecule has 0 aliphatic rings. The maximum atomic E-state index is 11.6. The van der Waals surface area contributed by atoms with Gasteiger partial charge in [0.15, 0.2) is 5.82 Å². The molecule has 3 heterocycles. The van der Waals surface area contributed by atoms with Crippen molar-refractivity contribution in [3.8, 4) is 56.7 Å². The van der Waals surface area contributed by atoms with Crippen LogP contribution in [-0.4, -0.2) is 19.6 Å². The number of pyridine rings is 1. The SMILES string of the molecule is Oc1ccc2c(oc3ccccc32)c1-c1nc2c(-c3cccc(Oc4ccccn4)c3)cccc2n1-c1ccccc1-c1ccccc1. The van der Waals surface area contributed by atoms with Crippen LogP contribution < -0.4 is 4.74 Å². The lowest BCUT2D eigenvalue weighted by atomic mass is 10.0. The average molecular weight is 622 g/mol. The minimum Gasteiger partial charge on any atom is -0.507 e. The third-order valence-electron chi connectivity index (χ3n) is 8.67. The summed E-state index contributed by atoms with van der Waals surface area (Å²) < 4.78 is 14.7. The number of aromatic hydroxyl groups is 1. The van der Waals surface area contributed by atoms with Crippen molar-refractivity contribution >= 4 is 33.0 Å². The molecular weight excluding hydrogens is 594 g/mol. The quantitative estimate of drug-likeness (QED) is 0.200. The molecule has 228 valence electrons. The van der Waals surface area contributed by atoms with Gasteiger partial charge in [-0.05, 0) is 59.7 Å². The average Bonchev–Trinajstić information content (AvgIpc) is 3.71. The Balaban J connectivity index is 1.33. The summed E-state index contributed by atoms with van der Waals surface area (Å²) >= 11 is 0. The van der Waals surface area contributed by atoms with Gasteiger partial charge in [-0.25, -0.2) is 9.97 Å². The molecule has 0 radical (unpaired) electrons. The molecule has 9 rings (SSSR count). The van der Waals surface area contributed by atoms with E-state index in [0.29, 0.717) is 28.6 Å². The van der Waals surface area contributed by atoms with Crippen LogP contribution in [0.4, 0.5) is 0 Å². The smallest absolute Gasteiger partial charge is 0.219 e. The Morgan fingerprint density at radius 1 is 0.625 bits per heavy atom. The number of imidazole rings is 1. The first-order valence-electron chi connectivity index (χ1n) is 15.7. The Morgan fingerprint density at radius 2 is 1.40 bits per heavy atom. The summed E-state index contributed by atoms with van der Waals surface area (Å²) in [6, 6.07) is 49.8. The van der Waals surface area contributed by atoms with Crippen molar-refractivity contribution in [3.05, 3.63) is 158 Å². The molecule has 3 aromatic heterocycles. The van der Waals surface area contributed by atoms with Gasteiger partial charge in [0, 0.05) is 34.2 Å². The highest BCUT2D eigenvalue weighted by molar-refractivity contribution is 6.11. The first-order valence-corrected chi connectivity index (χ1v) is 15.7. The number of furan rings is 1. The molecule has 6 nitrogen and oxygen atoms in total. The van der Waals surface area contributed by atoms with E-state index in [-0.39, 0.29) is 5.75 Å². The van der Waals surface area contributed by atoms with E-state index in [0.717, 1.165) is 55.3 Å². The van der Waals surface area contributed by atoms with Gasteiger partial charge in [-0.3, -0.25) is 4.57 Å². The van der Waals surface area contributed by atoms with Gasteiger partial charge in [0.1, 0.15) is 28.2 Å². The fourth-order valence-electron chi connectivity index (χ4n) is 6.52. The molecule has 0 spiro atoms. The molecule has 0 fully saturated rings. The van der Waals surface area contributed by atoms with Crippen LogP contribution in [0.2, 0.25) is 0 Å². The van der Waals surface area contributed by atoms with Gasteiger partial charge in [-0.15, -0.1) is 0 Å². The van der Waals surface area contributed by atoms with E-state index in [4.69, 9.17) is 14.1 Å². The Labute approximate surface area is 275 Å². The van der Waals surface area contributed by atoms with Gasteiger partial charge in [0.25, 0.3) is 0 Å². The van der Waals surface area contributed by atoms with Crippen molar-refractivity contribution in [1.29, 1.82) is 0 Å². The van der Waals surface area contributed by atoms with E-state index in [2.05, 4.69) is 45.9 Å².